The van der Waals surface area contributed by atoms with Crippen LogP contribution in [0, 0.1) is 56.2 Å². The first-order valence-corrected chi connectivity index (χ1v) is 21.8. The van der Waals surface area contributed by atoms with Gasteiger partial charge in [-0.3, -0.25) is 24.0 Å². The quantitative estimate of drug-likeness (QED) is 0.180. The molecule has 0 bridgehead atoms. The molecule has 58 heavy (non-hydrogen) atoms. The Morgan fingerprint density at radius 3 is 2.12 bits per heavy atom. The lowest BCUT2D eigenvalue weighted by atomic mass is 9.33. The Morgan fingerprint density at radius 2 is 1.52 bits per heavy atom. The molecule has 0 aromatic heterocycles. The Bertz CT molecular complexity index is 1850. The number of fused-ring (bicyclic) bond motifs is 7. The molecule has 6 rings (SSSR count). The smallest absolute Gasteiger partial charge is 0.312 e. The lowest BCUT2D eigenvalue weighted by Crippen LogP contribution is -2.66. The number of carboxylic acid groups (broad SMARTS) is 1. The van der Waals surface area contributed by atoms with Gasteiger partial charge < -0.3 is 24.7 Å². The summed E-state index contributed by atoms with van der Waals surface area (Å²) < 4.78 is 6.17. The summed E-state index contributed by atoms with van der Waals surface area (Å²) in [6, 6.07) is 9.52. The highest BCUT2D eigenvalue weighted by Crippen LogP contribution is 2.77. The Kier molecular flexibility index (Phi) is 11.5. The van der Waals surface area contributed by atoms with Crippen LogP contribution in [-0.2, 0) is 35.3 Å². The number of rotatable bonds is 10. The molecular formula is C48H70N2O8. The van der Waals surface area contributed by atoms with Crippen LogP contribution in [-0.4, -0.2) is 82.4 Å². The number of aliphatic hydroxyl groups is 1. The van der Waals surface area contributed by atoms with E-state index in [0.717, 1.165) is 61.7 Å². The number of allylic oxidation sites excluding steroid dienone is 1. The Morgan fingerprint density at radius 1 is 0.862 bits per heavy atom. The molecular weight excluding hydrogens is 733 g/mol. The molecule has 0 aliphatic heterocycles. The fraction of sp³-hybridized carbons (Fsp3) is 0.729. The van der Waals surface area contributed by atoms with Crippen molar-refractivity contribution in [2.75, 3.05) is 20.6 Å². The maximum Gasteiger partial charge on any atom is 0.312 e. The van der Waals surface area contributed by atoms with Crippen LogP contribution in [0.25, 0.3) is 0 Å². The first kappa shape index (κ1) is 44.0. The maximum atomic E-state index is 14.3. The second kappa shape index (κ2) is 15.2. The van der Waals surface area contributed by atoms with Crippen molar-refractivity contribution in [3.63, 3.8) is 0 Å². The molecule has 1 aromatic carbocycles. The Hall–Kier alpha value is -3.53. The van der Waals surface area contributed by atoms with Crippen LogP contribution >= 0.6 is 0 Å². The van der Waals surface area contributed by atoms with Gasteiger partial charge in [0.05, 0.1) is 17.9 Å². The minimum Gasteiger partial charge on any atom is -0.481 e. The van der Waals surface area contributed by atoms with Gasteiger partial charge in [0.1, 0.15) is 6.10 Å². The molecule has 9 unspecified atom stereocenters. The van der Waals surface area contributed by atoms with Gasteiger partial charge in [0.25, 0.3) is 0 Å². The normalized spacial score (nSPS) is 34.6. The third-order valence-electron chi connectivity index (χ3n) is 17.0. The number of hydrogen-bond acceptors (Lipinski definition) is 7. The van der Waals surface area contributed by atoms with E-state index in [9.17, 15) is 34.2 Å². The first-order valence-electron chi connectivity index (χ1n) is 21.8. The van der Waals surface area contributed by atoms with E-state index in [1.165, 1.54) is 9.80 Å². The van der Waals surface area contributed by atoms with E-state index in [4.69, 9.17) is 4.74 Å². The molecule has 10 heteroatoms. The molecule has 0 saturated heterocycles. The summed E-state index contributed by atoms with van der Waals surface area (Å²) in [5, 5.41) is 22.2. The van der Waals surface area contributed by atoms with E-state index >= 15 is 0 Å². The van der Waals surface area contributed by atoms with Gasteiger partial charge in [-0.25, -0.2) is 0 Å². The number of nitrogens with zero attached hydrogens (tertiary/aromatic N) is 2. The van der Waals surface area contributed by atoms with Gasteiger partial charge >= 0.3 is 23.8 Å². The third kappa shape index (κ3) is 6.95. The number of carbonyl (C=O) groups is 5. The van der Waals surface area contributed by atoms with Crippen molar-refractivity contribution in [1.29, 1.82) is 0 Å². The number of carbonyl (C=O) groups excluding carboxylic acids is 4. The minimum atomic E-state index is -1.20. The molecule has 0 heterocycles. The van der Waals surface area contributed by atoms with Crippen molar-refractivity contribution < 1.29 is 38.9 Å². The number of aliphatic carboxylic acids is 1. The van der Waals surface area contributed by atoms with Crippen molar-refractivity contribution in [2.45, 2.75) is 145 Å². The zero-order chi connectivity index (χ0) is 43.0. The topological polar surface area (TPSA) is 142 Å². The van der Waals surface area contributed by atoms with Crippen molar-refractivity contribution in [3.8, 4) is 0 Å². The average molecular weight is 803 g/mol. The van der Waals surface area contributed by atoms with Crippen molar-refractivity contribution in [1.82, 2.24) is 9.80 Å². The molecule has 10 nitrogen and oxygen atoms in total. The zero-order valence-electron chi connectivity index (χ0n) is 37.1. The highest BCUT2D eigenvalue weighted by Gasteiger charge is 2.71. The molecule has 0 spiro atoms. The summed E-state index contributed by atoms with van der Waals surface area (Å²) in [5.74, 6) is -1.91. The van der Waals surface area contributed by atoms with Gasteiger partial charge in [-0.05, 0) is 116 Å². The summed E-state index contributed by atoms with van der Waals surface area (Å²) in [5.41, 5.74) is 0.295. The number of likely N-dealkylation sites (N-methyl/N-ethyl adjacent to an activating group) is 1. The molecule has 9 atom stereocenters. The monoisotopic (exact) mass is 803 g/mol. The lowest BCUT2D eigenvalue weighted by Gasteiger charge is -2.72. The molecule has 0 radical (unpaired) electrons. The second-order valence-electron chi connectivity index (χ2n) is 21.4. The number of esters is 1. The number of aliphatic hydroxyl groups excluding tert-OH is 1. The molecule has 5 aliphatic rings. The first-order chi connectivity index (χ1) is 26.9. The summed E-state index contributed by atoms with van der Waals surface area (Å²) in [6.45, 7) is 19.3. The zero-order valence-corrected chi connectivity index (χ0v) is 37.1. The van der Waals surface area contributed by atoms with Crippen LogP contribution < -0.4 is 0 Å². The molecule has 4 saturated carbocycles. The van der Waals surface area contributed by atoms with E-state index in [2.05, 4.69) is 48.5 Å². The van der Waals surface area contributed by atoms with Crippen LogP contribution in [0.4, 0.5) is 0 Å². The Balaban J connectivity index is 1.31. The molecule has 4 fully saturated rings. The summed E-state index contributed by atoms with van der Waals surface area (Å²) in [7, 11) is 3.11. The molecule has 2 N–H and O–H groups in total. The number of ketones is 1. The van der Waals surface area contributed by atoms with E-state index in [1.54, 1.807) is 27.9 Å². The van der Waals surface area contributed by atoms with Gasteiger partial charge in [-0.15, -0.1) is 0 Å². The van der Waals surface area contributed by atoms with Gasteiger partial charge in [-0.2, -0.15) is 0 Å². The average Bonchev–Trinajstić information content (AvgIpc) is 3.45. The number of hydrogen-bond donors (Lipinski definition) is 2. The van der Waals surface area contributed by atoms with E-state index in [-0.39, 0.29) is 71.3 Å². The highest BCUT2D eigenvalue weighted by molar-refractivity contribution is 6.34. The fourth-order valence-corrected chi connectivity index (χ4v) is 13.6. The number of carboxylic acids is 1. The number of Topliss-reactive ketones (excluding diaryl/α,β-unsaturated/α-hetero) is 1. The largest absolute Gasteiger partial charge is 0.481 e. The van der Waals surface area contributed by atoms with Gasteiger partial charge in [0, 0.05) is 44.4 Å². The number of benzene rings is 1. The third-order valence-corrected chi connectivity index (χ3v) is 17.0. The summed E-state index contributed by atoms with van der Waals surface area (Å²) in [4.78, 5) is 68.8. The van der Waals surface area contributed by atoms with E-state index in [1.807, 2.05) is 30.3 Å². The van der Waals surface area contributed by atoms with Crippen LogP contribution in [0.5, 0.6) is 0 Å². The minimum absolute atomic E-state index is 0.0141. The van der Waals surface area contributed by atoms with E-state index < -0.39 is 40.7 Å². The molecule has 2 amide bonds. The van der Waals surface area contributed by atoms with Crippen LogP contribution in [0.2, 0.25) is 0 Å². The predicted octanol–water partition coefficient (Wildman–Crippen LogP) is 7.86. The van der Waals surface area contributed by atoms with Crippen molar-refractivity contribution in [2.24, 2.45) is 56.2 Å². The lowest BCUT2D eigenvalue weighted by molar-refractivity contribution is -0.235. The van der Waals surface area contributed by atoms with Crippen LogP contribution in [0.3, 0.4) is 0 Å². The summed E-state index contributed by atoms with van der Waals surface area (Å²) >= 11 is 0. The van der Waals surface area contributed by atoms with Crippen LogP contribution in [0.15, 0.2) is 41.5 Å². The molecule has 320 valence electrons. The van der Waals surface area contributed by atoms with Crippen molar-refractivity contribution in [3.05, 3.63) is 47.0 Å². The van der Waals surface area contributed by atoms with Crippen molar-refractivity contribution >= 4 is 29.5 Å². The SMILES string of the molecule is CC(C)C1=C2C3CCC4C5(C)CCC(OC(=O)CC(C)(C)C(=O)O)C(C)(C)C5CCC4(C)C3(C)CCC2(C(O)CN(Cc2ccccc2)C(=O)C(=O)N(C)C)CC1=O. The highest BCUT2D eigenvalue weighted by atomic mass is 16.5. The maximum absolute atomic E-state index is 14.3. The number of amides is 2. The second-order valence-corrected chi connectivity index (χ2v) is 21.4. The van der Waals surface area contributed by atoms with Gasteiger partial charge in [0.15, 0.2) is 5.78 Å². The van der Waals surface area contributed by atoms with Gasteiger partial charge in [-0.1, -0.05) is 84.4 Å². The summed E-state index contributed by atoms with van der Waals surface area (Å²) in [6.07, 6.45) is 5.72. The van der Waals surface area contributed by atoms with Crippen LogP contribution in [0.1, 0.15) is 132 Å². The Labute approximate surface area is 346 Å². The number of ether oxygens (including phenoxy) is 1. The van der Waals surface area contributed by atoms with Gasteiger partial charge in [0.2, 0.25) is 0 Å². The predicted molar refractivity (Wildman–Crippen MR) is 222 cm³/mol. The standard InChI is InChI=1S/C48H70N2O8/c1-29(2)38-32(51)25-48(35(52)28-50(41(55)40(54)49(10)11)27-30-15-13-12-14-16-30)24-23-46(8)31(39(38)48)17-18-34-45(7)21-20-36(58-37(53)26-43(3,4)42(56)57)44(5,6)33(45)19-22-47(34,46)9/h12-16,29,31,33-36,52H,17-28H2,1-11H3,(H,56,57). The van der Waals surface area contributed by atoms with E-state index in [0.29, 0.717) is 18.3 Å². The molecule has 1 aromatic rings. The molecule has 5 aliphatic carbocycles. The fourth-order valence-electron chi connectivity index (χ4n) is 13.6.